The molecule has 2 atom stereocenters. The second-order valence-corrected chi connectivity index (χ2v) is 5.93. The molecule has 0 spiro atoms. The minimum Gasteiger partial charge on any atom is -0.493 e. The second kappa shape index (κ2) is 10.1. The lowest BCUT2D eigenvalue weighted by molar-refractivity contribution is -0.122. The molecule has 1 aliphatic rings. The highest BCUT2D eigenvalue weighted by molar-refractivity contribution is 5.75. The fourth-order valence-electron chi connectivity index (χ4n) is 2.68. The van der Waals surface area contributed by atoms with Gasteiger partial charge in [0.15, 0.2) is 11.5 Å². The summed E-state index contributed by atoms with van der Waals surface area (Å²) in [6.45, 7) is 0.930. The first-order valence-corrected chi connectivity index (χ1v) is 8.54. The van der Waals surface area contributed by atoms with Crippen LogP contribution in [0.1, 0.15) is 25.7 Å². The fourth-order valence-corrected chi connectivity index (χ4v) is 2.68. The first kappa shape index (κ1) is 19.3. The van der Waals surface area contributed by atoms with Crippen LogP contribution in [0.3, 0.4) is 0 Å². The van der Waals surface area contributed by atoms with E-state index in [0.29, 0.717) is 23.7 Å². The molecule has 25 heavy (non-hydrogen) atoms. The van der Waals surface area contributed by atoms with Gasteiger partial charge in [0.2, 0.25) is 11.7 Å². The van der Waals surface area contributed by atoms with Crippen LogP contribution < -0.4 is 19.5 Å². The lowest BCUT2D eigenvalue weighted by atomic mass is 10.1. The first-order chi connectivity index (χ1) is 12.1. The molecule has 1 fully saturated rings. The van der Waals surface area contributed by atoms with Crippen LogP contribution in [0.5, 0.6) is 17.2 Å². The van der Waals surface area contributed by atoms with Gasteiger partial charge in [0.05, 0.1) is 20.3 Å². The predicted octanol–water partition coefficient (Wildman–Crippen LogP) is 1.52. The molecule has 1 aromatic carbocycles. The van der Waals surface area contributed by atoms with Gasteiger partial charge < -0.3 is 29.4 Å². The van der Waals surface area contributed by atoms with Gasteiger partial charge in [-0.2, -0.15) is 0 Å². The van der Waals surface area contributed by atoms with E-state index in [1.54, 1.807) is 18.2 Å². The molecule has 2 rings (SSSR count). The molecule has 1 saturated heterocycles. The smallest absolute Gasteiger partial charge is 0.220 e. The van der Waals surface area contributed by atoms with E-state index in [1.165, 1.54) is 14.2 Å². The molecule has 7 heteroatoms. The molecular formula is C18H27NO6. The Labute approximate surface area is 148 Å². The predicted molar refractivity (Wildman–Crippen MR) is 92.3 cm³/mol. The number of hydrogen-bond donors (Lipinski definition) is 2. The number of carbonyl (C=O) groups excluding carboxylic acids is 1. The van der Waals surface area contributed by atoms with Crippen molar-refractivity contribution in [3.05, 3.63) is 18.2 Å². The van der Waals surface area contributed by atoms with Crippen LogP contribution in [-0.2, 0) is 9.53 Å². The van der Waals surface area contributed by atoms with Gasteiger partial charge in [-0.3, -0.25) is 4.79 Å². The average molecular weight is 353 g/mol. The van der Waals surface area contributed by atoms with Crippen molar-refractivity contribution < 1.29 is 28.8 Å². The minimum atomic E-state index is -0.832. The van der Waals surface area contributed by atoms with Crippen LogP contribution in [0.25, 0.3) is 0 Å². The van der Waals surface area contributed by atoms with Crippen molar-refractivity contribution in [2.24, 2.45) is 0 Å². The number of rotatable bonds is 10. The van der Waals surface area contributed by atoms with E-state index in [4.69, 9.17) is 18.9 Å². The Morgan fingerprint density at radius 3 is 2.68 bits per heavy atom. The molecule has 0 aromatic heterocycles. The Balaban J connectivity index is 1.71. The number of benzene rings is 1. The van der Waals surface area contributed by atoms with Gasteiger partial charge in [-0.15, -0.1) is 0 Å². The van der Waals surface area contributed by atoms with Gasteiger partial charge >= 0.3 is 0 Å². The number of aliphatic hydroxyl groups is 1. The molecule has 0 radical (unpaired) electrons. The summed E-state index contributed by atoms with van der Waals surface area (Å²) in [6, 6.07) is 5.28. The van der Waals surface area contributed by atoms with Crippen molar-refractivity contribution in [3.63, 3.8) is 0 Å². The third kappa shape index (κ3) is 6.10. The normalized spacial score (nSPS) is 17.8. The number of ether oxygens (including phenoxy) is 4. The van der Waals surface area contributed by atoms with E-state index < -0.39 is 6.10 Å². The Morgan fingerprint density at radius 1 is 1.36 bits per heavy atom. The Bertz CT molecular complexity index is 522. The van der Waals surface area contributed by atoms with Crippen LogP contribution in [0.15, 0.2) is 18.2 Å². The topological polar surface area (TPSA) is 86.3 Å². The molecule has 7 nitrogen and oxygen atoms in total. The average Bonchev–Trinajstić information content (AvgIpc) is 3.16. The Hall–Kier alpha value is -1.99. The van der Waals surface area contributed by atoms with Crippen LogP contribution in [0.4, 0.5) is 0 Å². The molecule has 2 unspecified atom stereocenters. The van der Waals surface area contributed by atoms with E-state index in [2.05, 4.69) is 5.32 Å². The van der Waals surface area contributed by atoms with Gasteiger partial charge in [-0.05, 0) is 31.4 Å². The molecule has 140 valence electrons. The monoisotopic (exact) mass is 353 g/mol. The zero-order valence-electron chi connectivity index (χ0n) is 14.8. The molecule has 1 aromatic rings. The van der Waals surface area contributed by atoms with Crippen molar-refractivity contribution in [1.82, 2.24) is 5.32 Å². The maximum absolute atomic E-state index is 11.8. The highest BCUT2D eigenvalue weighted by Gasteiger charge is 2.17. The Morgan fingerprint density at radius 2 is 2.08 bits per heavy atom. The maximum atomic E-state index is 11.8. The van der Waals surface area contributed by atoms with Crippen LogP contribution in [-0.4, -0.2) is 57.2 Å². The van der Waals surface area contributed by atoms with Crippen molar-refractivity contribution in [1.29, 1.82) is 0 Å². The van der Waals surface area contributed by atoms with Crippen molar-refractivity contribution in [2.75, 3.05) is 34.0 Å². The summed E-state index contributed by atoms with van der Waals surface area (Å²) in [6.07, 6.45) is 2.56. The van der Waals surface area contributed by atoms with E-state index in [0.717, 1.165) is 25.9 Å². The zero-order valence-corrected chi connectivity index (χ0v) is 14.8. The summed E-state index contributed by atoms with van der Waals surface area (Å²) in [7, 11) is 3.07. The van der Waals surface area contributed by atoms with Gasteiger partial charge in [-0.25, -0.2) is 0 Å². The van der Waals surface area contributed by atoms with Crippen molar-refractivity contribution >= 4 is 5.91 Å². The summed E-state index contributed by atoms with van der Waals surface area (Å²) in [5.74, 6) is 1.37. The summed E-state index contributed by atoms with van der Waals surface area (Å²) in [4.78, 5) is 11.8. The second-order valence-electron chi connectivity index (χ2n) is 5.93. The van der Waals surface area contributed by atoms with Crippen LogP contribution >= 0.6 is 0 Å². The molecule has 1 heterocycles. The van der Waals surface area contributed by atoms with Gasteiger partial charge in [-0.1, -0.05) is 6.07 Å². The summed E-state index contributed by atoms with van der Waals surface area (Å²) in [5.41, 5.74) is 0. The van der Waals surface area contributed by atoms with E-state index in [9.17, 15) is 9.90 Å². The SMILES string of the molecule is COc1cccc(OC)c1OCC(O)CNC(=O)CCC1CCCO1. The molecule has 0 aliphatic carbocycles. The summed E-state index contributed by atoms with van der Waals surface area (Å²) < 4.78 is 21.6. The zero-order chi connectivity index (χ0) is 18.1. The highest BCUT2D eigenvalue weighted by Crippen LogP contribution is 2.36. The van der Waals surface area contributed by atoms with E-state index in [-0.39, 0.29) is 25.2 Å². The maximum Gasteiger partial charge on any atom is 0.220 e. The number of methoxy groups -OCH3 is 2. The van der Waals surface area contributed by atoms with E-state index in [1.807, 2.05) is 0 Å². The van der Waals surface area contributed by atoms with Crippen molar-refractivity contribution in [3.8, 4) is 17.2 Å². The number of amides is 1. The number of aliphatic hydroxyl groups excluding tert-OH is 1. The number of carbonyl (C=O) groups is 1. The third-order valence-electron chi connectivity index (χ3n) is 4.05. The number of para-hydroxylation sites is 1. The molecular weight excluding hydrogens is 326 g/mol. The molecule has 2 N–H and O–H groups in total. The third-order valence-corrected chi connectivity index (χ3v) is 4.05. The number of nitrogens with one attached hydrogen (secondary N) is 1. The minimum absolute atomic E-state index is 0.0166. The lowest BCUT2D eigenvalue weighted by Crippen LogP contribution is -2.35. The van der Waals surface area contributed by atoms with Gasteiger partial charge in [0.1, 0.15) is 12.7 Å². The molecule has 0 saturated carbocycles. The first-order valence-electron chi connectivity index (χ1n) is 8.54. The van der Waals surface area contributed by atoms with Gasteiger partial charge in [0, 0.05) is 19.6 Å². The van der Waals surface area contributed by atoms with Gasteiger partial charge in [0.25, 0.3) is 0 Å². The van der Waals surface area contributed by atoms with Crippen LogP contribution in [0, 0.1) is 0 Å². The molecule has 1 aliphatic heterocycles. The molecule has 0 bridgehead atoms. The van der Waals surface area contributed by atoms with E-state index >= 15 is 0 Å². The largest absolute Gasteiger partial charge is 0.493 e. The standard InChI is InChI=1S/C18H27NO6/c1-22-15-6-3-7-16(23-2)18(15)25-12-13(20)11-19-17(21)9-8-14-5-4-10-24-14/h3,6-7,13-14,20H,4-5,8-12H2,1-2H3,(H,19,21). The molecule has 1 amide bonds. The Kier molecular flexibility index (Phi) is 7.81. The summed E-state index contributed by atoms with van der Waals surface area (Å²) >= 11 is 0. The van der Waals surface area contributed by atoms with Crippen molar-refractivity contribution in [2.45, 2.75) is 37.9 Å². The lowest BCUT2D eigenvalue weighted by Gasteiger charge is -2.17. The quantitative estimate of drug-likeness (QED) is 0.663. The number of hydrogen-bond acceptors (Lipinski definition) is 6. The summed E-state index contributed by atoms with van der Waals surface area (Å²) in [5, 5.41) is 12.7. The van der Waals surface area contributed by atoms with Crippen LogP contribution in [0.2, 0.25) is 0 Å². The highest BCUT2D eigenvalue weighted by atomic mass is 16.5. The fraction of sp³-hybridized carbons (Fsp3) is 0.611.